The fourth-order valence-corrected chi connectivity index (χ4v) is 2.67. The first-order valence-electron chi connectivity index (χ1n) is 8.30. The third-order valence-electron chi connectivity index (χ3n) is 4.00. The van der Waals surface area contributed by atoms with Crippen LogP contribution in [0.25, 0.3) is 0 Å². The van der Waals surface area contributed by atoms with Crippen molar-refractivity contribution in [3.63, 3.8) is 0 Å². The van der Waals surface area contributed by atoms with Gasteiger partial charge < -0.3 is 20.1 Å². The number of carbonyl (C=O) groups excluding carboxylic acids is 1. The maximum absolute atomic E-state index is 13.1. The molecule has 1 heterocycles. The predicted octanol–water partition coefficient (Wildman–Crippen LogP) is 3.20. The van der Waals surface area contributed by atoms with Crippen molar-refractivity contribution in [1.29, 1.82) is 0 Å². The van der Waals surface area contributed by atoms with Crippen LogP contribution in [0.4, 0.5) is 9.18 Å². The summed E-state index contributed by atoms with van der Waals surface area (Å²) in [5, 5.41) is 5.67. The van der Waals surface area contributed by atoms with Crippen LogP contribution in [0.15, 0.2) is 42.5 Å². The van der Waals surface area contributed by atoms with Gasteiger partial charge >= 0.3 is 6.03 Å². The lowest BCUT2D eigenvalue weighted by atomic mass is 10.1. The third-order valence-corrected chi connectivity index (χ3v) is 4.00. The summed E-state index contributed by atoms with van der Waals surface area (Å²) in [6.45, 7) is 3.41. The summed E-state index contributed by atoms with van der Waals surface area (Å²) in [5.74, 6) is 1.15. The second-order valence-corrected chi connectivity index (χ2v) is 5.90. The SMILES string of the molecule is CC(NC(=O)NCCc1cccc(F)c1)c1ccc2c(c1)OCCO2. The van der Waals surface area contributed by atoms with Gasteiger partial charge in [-0.15, -0.1) is 0 Å². The molecule has 5 nitrogen and oxygen atoms in total. The highest BCUT2D eigenvalue weighted by Crippen LogP contribution is 2.32. The first-order valence-corrected chi connectivity index (χ1v) is 8.30. The fourth-order valence-electron chi connectivity index (χ4n) is 2.67. The van der Waals surface area contributed by atoms with Crippen molar-refractivity contribution in [3.8, 4) is 11.5 Å². The predicted molar refractivity (Wildman–Crippen MR) is 92.5 cm³/mol. The van der Waals surface area contributed by atoms with Crippen molar-refractivity contribution in [2.24, 2.45) is 0 Å². The van der Waals surface area contributed by atoms with Gasteiger partial charge in [0.05, 0.1) is 6.04 Å². The highest BCUT2D eigenvalue weighted by Gasteiger charge is 2.15. The van der Waals surface area contributed by atoms with Crippen LogP contribution >= 0.6 is 0 Å². The Hall–Kier alpha value is -2.76. The first kappa shape index (κ1) is 17.1. The molecule has 0 saturated carbocycles. The van der Waals surface area contributed by atoms with Gasteiger partial charge in [-0.05, 0) is 48.7 Å². The summed E-state index contributed by atoms with van der Waals surface area (Å²) in [4.78, 5) is 12.0. The van der Waals surface area contributed by atoms with Crippen molar-refractivity contribution in [2.45, 2.75) is 19.4 Å². The molecule has 0 fully saturated rings. The van der Waals surface area contributed by atoms with E-state index in [0.717, 1.165) is 16.9 Å². The lowest BCUT2D eigenvalue weighted by molar-refractivity contribution is 0.171. The Labute approximate surface area is 146 Å². The van der Waals surface area contributed by atoms with E-state index in [-0.39, 0.29) is 17.9 Å². The minimum atomic E-state index is -0.269. The van der Waals surface area contributed by atoms with Crippen LogP contribution in [0, 0.1) is 5.82 Å². The first-order chi connectivity index (χ1) is 12.1. The van der Waals surface area contributed by atoms with Crippen LogP contribution in [-0.4, -0.2) is 25.8 Å². The number of benzene rings is 2. The maximum Gasteiger partial charge on any atom is 0.315 e. The van der Waals surface area contributed by atoms with E-state index in [4.69, 9.17) is 9.47 Å². The molecule has 132 valence electrons. The average Bonchev–Trinajstić information content (AvgIpc) is 2.61. The minimum absolute atomic E-state index is 0.176. The van der Waals surface area contributed by atoms with E-state index in [1.165, 1.54) is 12.1 Å². The number of nitrogens with one attached hydrogen (secondary N) is 2. The molecule has 1 atom stereocenters. The van der Waals surface area contributed by atoms with Gasteiger partial charge in [-0.1, -0.05) is 18.2 Å². The molecule has 3 rings (SSSR count). The van der Waals surface area contributed by atoms with E-state index in [1.807, 2.05) is 31.2 Å². The Kier molecular flexibility index (Phi) is 5.38. The van der Waals surface area contributed by atoms with Crippen molar-refractivity contribution in [3.05, 3.63) is 59.4 Å². The number of urea groups is 1. The maximum atomic E-state index is 13.1. The average molecular weight is 344 g/mol. The molecule has 25 heavy (non-hydrogen) atoms. The third kappa shape index (κ3) is 4.62. The van der Waals surface area contributed by atoms with Gasteiger partial charge in [0.1, 0.15) is 19.0 Å². The van der Waals surface area contributed by atoms with E-state index in [2.05, 4.69) is 10.6 Å². The van der Waals surface area contributed by atoms with Crippen LogP contribution in [0.5, 0.6) is 11.5 Å². The van der Waals surface area contributed by atoms with Crippen molar-refractivity contribution in [1.82, 2.24) is 10.6 Å². The molecule has 1 aliphatic heterocycles. The molecule has 2 amide bonds. The molecule has 2 N–H and O–H groups in total. The van der Waals surface area contributed by atoms with Gasteiger partial charge in [0.2, 0.25) is 0 Å². The molecule has 0 bridgehead atoms. The summed E-state index contributed by atoms with van der Waals surface area (Å²) in [5.41, 5.74) is 1.78. The van der Waals surface area contributed by atoms with E-state index in [0.29, 0.717) is 31.9 Å². The van der Waals surface area contributed by atoms with Gasteiger partial charge in [0.15, 0.2) is 11.5 Å². The zero-order chi connectivity index (χ0) is 17.6. The molecule has 6 heteroatoms. The second-order valence-electron chi connectivity index (χ2n) is 5.90. The lowest BCUT2D eigenvalue weighted by Crippen LogP contribution is -2.38. The monoisotopic (exact) mass is 344 g/mol. The summed E-state index contributed by atoms with van der Waals surface area (Å²) >= 11 is 0. The lowest BCUT2D eigenvalue weighted by Gasteiger charge is -2.21. The number of hydrogen-bond acceptors (Lipinski definition) is 3. The highest BCUT2D eigenvalue weighted by atomic mass is 19.1. The number of halogens is 1. The van der Waals surface area contributed by atoms with Gasteiger partial charge in [-0.3, -0.25) is 0 Å². The number of hydrogen-bond donors (Lipinski definition) is 2. The molecular weight excluding hydrogens is 323 g/mol. The Morgan fingerprint density at radius 2 is 1.96 bits per heavy atom. The fraction of sp³-hybridized carbons (Fsp3) is 0.316. The van der Waals surface area contributed by atoms with Crippen molar-refractivity contribution < 1.29 is 18.7 Å². The van der Waals surface area contributed by atoms with Crippen LogP contribution in [0.2, 0.25) is 0 Å². The molecule has 0 aromatic heterocycles. The van der Waals surface area contributed by atoms with E-state index in [1.54, 1.807) is 6.07 Å². The zero-order valence-electron chi connectivity index (χ0n) is 14.0. The van der Waals surface area contributed by atoms with Gasteiger partial charge in [-0.2, -0.15) is 0 Å². The van der Waals surface area contributed by atoms with Crippen LogP contribution in [-0.2, 0) is 6.42 Å². The minimum Gasteiger partial charge on any atom is -0.486 e. The van der Waals surface area contributed by atoms with E-state index < -0.39 is 0 Å². The molecule has 0 spiro atoms. The van der Waals surface area contributed by atoms with Crippen molar-refractivity contribution in [2.75, 3.05) is 19.8 Å². The number of amides is 2. The smallest absolute Gasteiger partial charge is 0.315 e. The summed E-state index contributed by atoms with van der Waals surface area (Å²) < 4.78 is 24.2. The van der Waals surface area contributed by atoms with Gasteiger partial charge in [0, 0.05) is 6.54 Å². The number of rotatable bonds is 5. The van der Waals surface area contributed by atoms with Crippen LogP contribution in [0.1, 0.15) is 24.1 Å². The summed E-state index contributed by atoms with van der Waals surface area (Å²) in [6.07, 6.45) is 0.573. The highest BCUT2D eigenvalue weighted by molar-refractivity contribution is 5.74. The van der Waals surface area contributed by atoms with E-state index in [9.17, 15) is 9.18 Å². The number of ether oxygens (including phenoxy) is 2. The normalized spacial score (nSPS) is 13.8. The molecule has 0 saturated heterocycles. The molecule has 1 unspecified atom stereocenters. The standard InChI is InChI=1S/C19H21FN2O3/c1-13(15-5-6-17-18(12-15)25-10-9-24-17)22-19(23)21-8-7-14-3-2-4-16(20)11-14/h2-6,11-13H,7-10H2,1H3,(H2,21,22,23). The molecule has 1 aliphatic rings. The molecule has 0 radical (unpaired) electrons. The quantitative estimate of drug-likeness (QED) is 0.876. The molecule has 0 aliphatic carbocycles. The Morgan fingerprint density at radius 3 is 2.76 bits per heavy atom. The van der Waals surface area contributed by atoms with Crippen LogP contribution < -0.4 is 20.1 Å². The summed E-state index contributed by atoms with van der Waals surface area (Å²) in [7, 11) is 0. The molecular formula is C19H21FN2O3. The van der Waals surface area contributed by atoms with Gasteiger partial charge in [-0.25, -0.2) is 9.18 Å². The zero-order valence-corrected chi connectivity index (χ0v) is 14.0. The topological polar surface area (TPSA) is 59.6 Å². The summed E-state index contributed by atoms with van der Waals surface area (Å²) in [6, 6.07) is 11.6. The van der Waals surface area contributed by atoms with Crippen LogP contribution in [0.3, 0.4) is 0 Å². The Bertz CT molecular complexity index is 751. The second kappa shape index (κ2) is 7.88. The number of carbonyl (C=O) groups is 1. The molecule has 2 aromatic carbocycles. The largest absolute Gasteiger partial charge is 0.486 e. The van der Waals surface area contributed by atoms with Crippen molar-refractivity contribution >= 4 is 6.03 Å². The Morgan fingerprint density at radius 1 is 1.16 bits per heavy atom. The number of fused-ring (bicyclic) bond motifs is 1. The van der Waals surface area contributed by atoms with E-state index >= 15 is 0 Å². The Balaban J connectivity index is 1.49. The van der Waals surface area contributed by atoms with Gasteiger partial charge in [0.25, 0.3) is 0 Å². The molecule has 2 aromatic rings.